The van der Waals surface area contributed by atoms with Gasteiger partial charge in [-0.3, -0.25) is 4.79 Å². The second kappa shape index (κ2) is 10.3. The zero-order valence-corrected chi connectivity index (χ0v) is 19.1. The number of amides is 1. The van der Waals surface area contributed by atoms with Crippen molar-refractivity contribution < 1.29 is 37.0 Å². The minimum atomic E-state index is -1.73. The Morgan fingerprint density at radius 2 is 1.64 bits per heavy atom. The number of esters is 1. The SMILES string of the molecule is COc1ccc(-c2cc(C(=O)OCC(=O)Nc3ccc(F)c(F)c3F)c3ccccc3n2)cc1OC. The predicted octanol–water partition coefficient (Wildman–Crippen LogP) is 5.13. The van der Waals surface area contributed by atoms with E-state index in [1.807, 2.05) is 5.32 Å². The molecule has 1 amide bonds. The first-order valence-electron chi connectivity index (χ1n) is 10.5. The summed E-state index contributed by atoms with van der Waals surface area (Å²) >= 11 is 0. The average molecular weight is 496 g/mol. The van der Waals surface area contributed by atoms with Crippen molar-refractivity contribution in [1.29, 1.82) is 0 Å². The molecule has 0 bridgehead atoms. The molecule has 1 aromatic heterocycles. The van der Waals surface area contributed by atoms with Crippen molar-refractivity contribution in [3.63, 3.8) is 0 Å². The third-order valence-electron chi connectivity index (χ3n) is 5.26. The molecule has 0 spiro atoms. The first-order valence-corrected chi connectivity index (χ1v) is 10.5. The van der Waals surface area contributed by atoms with Gasteiger partial charge in [0.2, 0.25) is 0 Å². The first kappa shape index (κ1) is 24.5. The van der Waals surface area contributed by atoms with E-state index in [-0.39, 0.29) is 5.56 Å². The molecule has 0 saturated heterocycles. The van der Waals surface area contributed by atoms with E-state index < -0.39 is 41.6 Å². The number of carbonyl (C=O) groups is 2. The van der Waals surface area contributed by atoms with Gasteiger partial charge in [-0.15, -0.1) is 0 Å². The van der Waals surface area contributed by atoms with Gasteiger partial charge in [-0.1, -0.05) is 18.2 Å². The number of pyridine rings is 1. The highest BCUT2D eigenvalue weighted by Crippen LogP contribution is 2.33. The first-order chi connectivity index (χ1) is 17.3. The van der Waals surface area contributed by atoms with Crippen LogP contribution in [0.5, 0.6) is 11.5 Å². The van der Waals surface area contributed by atoms with E-state index in [0.29, 0.717) is 39.7 Å². The summed E-state index contributed by atoms with van der Waals surface area (Å²) in [5, 5.41) is 2.53. The Morgan fingerprint density at radius 1 is 0.889 bits per heavy atom. The molecule has 0 aliphatic heterocycles. The topological polar surface area (TPSA) is 86.8 Å². The van der Waals surface area contributed by atoms with Crippen molar-refractivity contribution in [3.8, 4) is 22.8 Å². The molecule has 1 N–H and O–H groups in total. The molecule has 0 unspecified atom stereocenters. The molecule has 4 rings (SSSR count). The van der Waals surface area contributed by atoms with E-state index in [1.165, 1.54) is 20.3 Å². The number of methoxy groups -OCH3 is 2. The summed E-state index contributed by atoms with van der Waals surface area (Å²) in [6, 6.07) is 15.1. The normalized spacial score (nSPS) is 10.7. The highest BCUT2D eigenvalue weighted by atomic mass is 19.2. The number of hydrogen-bond donors (Lipinski definition) is 1. The molecule has 0 aliphatic rings. The summed E-state index contributed by atoms with van der Waals surface area (Å²) in [5.41, 5.74) is 1.14. The summed E-state index contributed by atoms with van der Waals surface area (Å²) in [6.07, 6.45) is 0. The molecule has 0 aliphatic carbocycles. The van der Waals surface area contributed by atoms with Gasteiger partial charge in [0.25, 0.3) is 5.91 Å². The smallest absolute Gasteiger partial charge is 0.339 e. The lowest BCUT2D eigenvalue weighted by atomic mass is 10.0. The standard InChI is InChI=1S/C26H19F3N2O5/c1-34-21-10-7-14(11-22(21)35-2)20-12-16(15-5-3-4-6-18(15)30-20)26(33)36-13-23(32)31-19-9-8-17(27)24(28)25(19)29/h3-12H,13H2,1-2H3,(H,31,32). The molecular weight excluding hydrogens is 477 g/mol. The number of benzene rings is 3. The zero-order chi connectivity index (χ0) is 25.8. The van der Waals surface area contributed by atoms with E-state index in [1.54, 1.807) is 42.5 Å². The van der Waals surface area contributed by atoms with Crippen LogP contribution in [0, 0.1) is 17.5 Å². The van der Waals surface area contributed by atoms with Crippen molar-refractivity contribution >= 4 is 28.5 Å². The van der Waals surface area contributed by atoms with Crippen LogP contribution in [0.25, 0.3) is 22.2 Å². The van der Waals surface area contributed by atoms with Gasteiger partial charge in [-0.05, 0) is 42.5 Å². The van der Waals surface area contributed by atoms with Crippen LogP contribution in [0.4, 0.5) is 18.9 Å². The maximum Gasteiger partial charge on any atom is 0.339 e. The van der Waals surface area contributed by atoms with Crippen LogP contribution in [-0.4, -0.2) is 37.7 Å². The Labute approximate surface area is 203 Å². The number of para-hydroxylation sites is 1. The summed E-state index contributed by atoms with van der Waals surface area (Å²) < 4.78 is 56.0. The fourth-order valence-corrected chi connectivity index (χ4v) is 3.51. The molecule has 10 heteroatoms. The number of anilines is 1. The van der Waals surface area contributed by atoms with Crippen LogP contribution in [0.1, 0.15) is 10.4 Å². The second-order valence-electron chi connectivity index (χ2n) is 7.49. The third kappa shape index (κ3) is 4.92. The van der Waals surface area contributed by atoms with Crippen molar-refractivity contribution in [2.24, 2.45) is 0 Å². The van der Waals surface area contributed by atoms with Crippen LogP contribution in [-0.2, 0) is 9.53 Å². The number of aromatic nitrogens is 1. The van der Waals surface area contributed by atoms with Crippen molar-refractivity contribution in [1.82, 2.24) is 4.98 Å². The van der Waals surface area contributed by atoms with Gasteiger partial charge in [0, 0.05) is 10.9 Å². The fraction of sp³-hybridized carbons (Fsp3) is 0.115. The molecule has 7 nitrogen and oxygen atoms in total. The van der Waals surface area contributed by atoms with E-state index in [2.05, 4.69) is 4.98 Å². The molecular formula is C26H19F3N2O5. The Morgan fingerprint density at radius 3 is 2.39 bits per heavy atom. The molecule has 36 heavy (non-hydrogen) atoms. The Bertz CT molecular complexity index is 1480. The van der Waals surface area contributed by atoms with Gasteiger partial charge in [0.1, 0.15) is 0 Å². The number of halogens is 3. The fourth-order valence-electron chi connectivity index (χ4n) is 3.51. The predicted molar refractivity (Wildman–Crippen MR) is 126 cm³/mol. The Kier molecular flexibility index (Phi) is 7.05. The molecule has 0 fully saturated rings. The van der Waals surface area contributed by atoms with Gasteiger partial charge in [0.05, 0.1) is 36.7 Å². The molecule has 3 aromatic carbocycles. The van der Waals surface area contributed by atoms with E-state index >= 15 is 0 Å². The van der Waals surface area contributed by atoms with Crippen LogP contribution < -0.4 is 14.8 Å². The lowest BCUT2D eigenvalue weighted by molar-refractivity contribution is -0.119. The highest BCUT2D eigenvalue weighted by molar-refractivity contribution is 6.05. The number of hydrogen-bond acceptors (Lipinski definition) is 6. The summed E-state index contributed by atoms with van der Waals surface area (Å²) in [7, 11) is 3.01. The largest absolute Gasteiger partial charge is 0.493 e. The van der Waals surface area contributed by atoms with Gasteiger partial charge in [-0.2, -0.15) is 0 Å². The third-order valence-corrected chi connectivity index (χ3v) is 5.26. The average Bonchev–Trinajstić information content (AvgIpc) is 2.90. The number of ether oxygens (including phenoxy) is 3. The second-order valence-corrected chi connectivity index (χ2v) is 7.49. The monoisotopic (exact) mass is 496 g/mol. The molecule has 1 heterocycles. The summed E-state index contributed by atoms with van der Waals surface area (Å²) in [6.45, 7) is -0.792. The Hall–Kier alpha value is -4.60. The summed E-state index contributed by atoms with van der Waals surface area (Å²) in [4.78, 5) is 29.7. The zero-order valence-electron chi connectivity index (χ0n) is 19.1. The van der Waals surface area contributed by atoms with E-state index in [4.69, 9.17) is 14.2 Å². The number of fused-ring (bicyclic) bond motifs is 1. The maximum absolute atomic E-state index is 13.8. The molecule has 184 valence electrons. The van der Waals surface area contributed by atoms with E-state index in [9.17, 15) is 22.8 Å². The number of nitrogens with one attached hydrogen (secondary N) is 1. The minimum Gasteiger partial charge on any atom is -0.493 e. The molecule has 4 aromatic rings. The highest BCUT2D eigenvalue weighted by Gasteiger charge is 2.19. The van der Waals surface area contributed by atoms with Crippen molar-refractivity contribution in [2.45, 2.75) is 0 Å². The van der Waals surface area contributed by atoms with Crippen LogP contribution in [0.2, 0.25) is 0 Å². The number of rotatable bonds is 7. The lowest BCUT2D eigenvalue weighted by Gasteiger charge is -2.12. The van der Waals surface area contributed by atoms with E-state index in [0.717, 1.165) is 6.07 Å². The number of nitrogens with zero attached hydrogens (tertiary/aromatic N) is 1. The minimum absolute atomic E-state index is 0.136. The van der Waals surface area contributed by atoms with Gasteiger partial charge < -0.3 is 19.5 Å². The molecule has 0 atom stereocenters. The quantitative estimate of drug-likeness (QED) is 0.282. The lowest BCUT2D eigenvalue weighted by Crippen LogP contribution is -2.22. The van der Waals surface area contributed by atoms with Crippen LogP contribution in [0.3, 0.4) is 0 Å². The van der Waals surface area contributed by atoms with Crippen LogP contribution in [0.15, 0.2) is 60.7 Å². The summed E-state index contributed by atoms with van der Waals surface area (Å²) in [5.74, 6) is -5.47. The van der Waals surface area contributed by atoms with Crippen molar-refractivity contribution in [2.75, 3.05) is 26.1 Å². The number of carbonyl (C=O) groups excluding carboxylic acids is 2. The van der Waals surface area contributed by atoms with Crippen LogP contribution >= 0.6 is 0 Å². The maximum atomic E-state index is 13.8. The molecule has 0 radical (unpaired) electrons. The van der Waals surface area contributed by atoms with Crippen molar-refractivity contribution in [3.05, 3.63) is 83.7 Å². The van der Waals surface area contributed by atoms with Gasteiger partial charge in [-0.25, -0.2) is 22.9 Å². The van der Waals surface area contributed by atoms with Gasteiger partial charge in [0.15, 0.2) is 35.6 Å². The van der Waals surface area contributed by atoms with Gasteiger partial charge >= 0.3 is 5.97 Å². The molecule has 0 saturated carbocycles. The Balaban J connectivity index is 1.59.